The zero-order valence-electron chi connectivity index (χ0n) is 11.2. The highest BCUT2D eigenvalue weighted by atomic mass is 16.3. The number of aliphatic hydroxyl groups is 1. The van der Waals surface area contributed by atoms with Crippen LogP contribution in [0, 0.1) is 0 Å². The number of nitrogens with zero attached hydrogens (tertiary/aromatic N) is 1. The van der Waals surface area contributed by atoms with Crippen molar-refractivity contribution in [1.29, 1.82) is 0 Å². The molecule has 0 aliphatic carbocycles. The SMILES string of the molecule is Nc1ccc2oc(C(=O)N3CCCCC3CO)cc2c1. The fraction of sp³-hybridized carbons (Fsp3) is 0.400. The molecule has 3 N–H and O–H groups in total. The van der Waals surface area contributed by atoms with Crippen LogP contribution in [0.5, 0.6) is 0 Å². The molecule has 1 saturated heterocycles. The minimum Gasteiger partial charge on any atom is -0.451 e. The van der Waals surface area contributed by atoms with Gasteiger partial charge < -0.3 is 20.2 Å². The van der Waals surface area contributed by atoms with Gasteiger partial charge in [0, 0.05) is 17.6 Å². The Bertz CT molecular complexity index is 635. The van der Waals surface area contributed by atoms with Crippen molar-refractivity contribution in [3.05, 3.63) is 30.0 Å². The third kappa shape index (κ3) is 2.25. The zero-order chi connectivity index (χ0) is 14.1. The summed E-state index contributed by atoms with van der Waals surface area (Å²) in [4.78, 5) is 14.2. The maximum atomic E-state index is 12.5. The standard InChI is InChI=1S/C15H18N2O3/c16-11-4-5-13-10(7-11)8-14(20-13)15(19)17-6-2-1-3-12(17)9-18/h4-5,7-8,12,18H,1-3,6,9,16H2. The van der Waals surface area contributed by atoms with Crippen molar-refractivity contribution < 1.29 is 14.3 Å². The van der Waals surface area contributed by atoms with E-state index in [-0.39, 0.29) is 18.6 Å². The number of fused-ring (bicyclic) bond motifs is 1. The van der Waals surface area contributed by atoms with Crippen LogP contribution < -0.4 is 5.73 Å². The Morgan fingerprint density at radius 3 is 3.05 bits per heavy atom. The number of nitrogens with two attached hydrogens (primary N) is 1. The number of anilines is 1. The average molecular weight is 274 g/mol. The summed E-state index contributed by atoms with van der Waals surface area (Å²) in [5.41, 5.74) is 7.02. The van der Waals surface area contributed by atoms with Gasteiger partial charge in [-0.05, 0) is 43.5 Å². The lowest BCUT2D eigenvalue weighted by Gasteiger charge is -2.33. The number of aliphatic hydroxyl groups excluding tert-OH is 1. The van der Waals surface area contributed by atoms with Crippen LogP contribution in [-0.2, 0) is 0 Å². The van der Waals surface area contributed by atoms with E-state index in [0.29, 0.717) is 23.6 Å². The minimum absolute atomic E-state index is 0.00107. The Morgan fingerprint density at radius 1 is 1.40 bits per heavy atom. The van der Waals surface area contributed by atoms with E-state index in [1.807, 2.05) is 0 Å². The molecule has 2 heterocycles. The van der Waals surface area contributed by atoms with E-state index in [2.05, 4.69) is 0 Å². The molecule has 1 aliphatic heterocycles. The van der Waals surface area contributed by atoms with Gasteiger partial charge in [0.1, 0.15) is 5.58 Å². The predicted octanol–water partition coefficient (Wildman–Crippen LogP) is 2.00. The summed E-state index contributed by atoms with van der Waals surface area (Å²) in [7, 11) is 0. The molecule has 1 aliphatic rings. The molecule has 1 atom stereocenters. The lowest BCUT2D eigenvalue weighted by molar-refractivity contribution is 0.0475. The number of carbonyl (C=O) groups excluding carboxylic acids is 1. The molecule has 1 fully saturated rings. The molecule has 1 aromatic heterocycles. The molecule has 2 aromatic rings. The highest BCUT2D eigenvalue weighted by Gasteiger charge is 2.28. The normalized spacial score (nSPS) is 19.4. The predicted molar refractivity (Wildman–Crippen MR) is 76.4 cm³/mol. The molecule has 5 nitrogen and oxygen atoms in total. The average Bonchev–Trinajstić information content (AvgIpc) is 2.89. The van der Waals surface area contributed by atoms with Gasteiger partial charge in [0.05, 0.1) is 12.6 Å². The molecule has 0 saturated carbocycles. The van der Waals surface area contributed by atoms with E-state index < -0.39 is 0 Å². The van der Waals surface area contributed by atoms with Crippen molar-refractivity contribution in [1.82, 2.24) is 4.90 Å². The van der Waals surface area contributed by atoms with Gasteiger partial charge in [-0.2, -0.15) is 0 Å². The zero-order valence-corrected chi connectivity index (χ0v) is 11.2. The van der Waals surface area contributed by atoms with E-state index in [1.54, 1.807) is 29.2 Å². The van der Waals surface area contributed by atoms with Crippen LogP contribution in [0.25, 0.3) is 11.0 Å². The van der Waals surface area contributed by atoms with E-state index in [1.165, 1.54) is 0 Å². The topological polar surface area (TPSA) is 79.7 Å². The Kier molecular flexibility index (Phi) is 3.36. The summed E-state index contributed by atoms with van der Waals surface area (Å²) in [6.45, 7) is 0.669. The first-order valence-electron chi connectivity index (χ1n) is 6.90. The van der Waals surface area contributed by atoms with Crippen LogP contribution in [0.2, 0.25) is 0 Å². The number of hydrogen-bond acceptors (Lipinski definition) is 4. The molecule has 0 spiro atoms. The second-order valence-electron chi connectivity index (χ2n) is 5.24. The van der Waals surface area contributed by atoms with Gasteiger partial charge in [0.15, 0.2) is 5.76 Å². The smallest absolute Gasteiger partial charge is 0.289 e. The van der Waals surface area contributed by atoms with Gasteiger partial charge in [-0.3, -0.25) is 4.79 Å². The van der Waals surface area contributed by atoms with Crippen molar-refractivity contribution in [3.63, 3.8) is 0 Å². The number of benzene rings is 1. The lowest BCUT2D eigenvalue weighted by atomic mass is 10.0. The largest absolute Gasteiger partial charge is 0.451 e. The van der Waals surface area contributed by atoms with E-state index >= 15 is 0 Å². The van der Waals surface area contributed by atoms with Crippen molar-refractivity contribution >= 4 is 22.6 Å². The minimum atomic E-state index is -0.154. The molecule has 1 amide bonds. The summed E-state index contributed by atoms with van der Waals surface area (Å²) in [5.74, 6) is 0.157. The Balaban J connectivity index is 1.91. The van der Waals surface area contributed by atoms with Crippen LogP contribution in [0.15, 0.2) is 28.7 Å². The number of furan rings is 1. The van der Waals surface area contributed by atoms with Crippen LogP contribution in [0.1, 0.15) is 29.8 Å². The summed E-state index contributed by atoms with van der Waals surface area (Å²) in [5, 5.41) is 10.2. The van der Waals surface area contributed by atoms with Gasteiger partial charge >= 0.3 is 0 Å². The Labute approximate surface area is 117 Å². The first-order chi connectivity index (χ1) is 9.69. The molecule has 0 bridgehead atoms. The number of hydrogen-bond donors (Lipinski definition) is 2. The Hall–Kier alpha value is -2.01. The summed E-state index contributed by atoms with van der Waals surface area (Å²) < 4.78 is 5.60. The molecule has 0 radical (unpaired) electrons. The first-order valence-corrected chi connectivity index (χ1v) is 6.90. The summed E-state index contributed by atoms with van der Waals surface area (Å²) in [6.07, 6.45) is 2.86. The third-order valence-electron chi connectivity index (χ3n) is 3.85. The number of likely N-dealkylation sites (tertiary alicyclic amines) is 1. The lowest BCUT2D eigenvalue weighted by Crippen LogP contribution is -2.45. The van der Waals surface area contributed by atoms with Crippen molar-refractivity contribution in [2.75, 3.05) is 18.9 Å². The fourth-order valence-electron chi connectivity index (χ4n) is 2.77. The number of piperidine rings is 1. The Morgan fingerprint density at radius 2 is 2.25 bits per heavy atom. The van der Waals surface area contributed by atoms with Crippen LogP contribution in [0.3, 0.4) is 0 Å². The second kappa shape index (κ2) is 5.17. The van der Waals surface area contributed by atoms with Crippen molar-refractivity contribution in [2.24, 2.45) is 0 Å². The number of rotatable bonds is 2. The molecule has 1 aromatic carbocycles. The van der Waals surface area contributed by atoms with E-state index in [9.17, 15) is 9.90 Å². The highest BCUT2D eigenvalue weighted by Crippen LogP contribution is 2.25. The molecule has 5 heteroatoms. The second-order valence-corrected chi connectivity index (χ2v) is 5.24. The van der Waals surface area contributed by atoms with E-state index in [4.69, 9.17) is 10.2 Å². The first kappa shape index (κ1) is 13.0. The fourth-order valence-corrected chi connectivity index (χ4v) is 2.77. The van der Waals surface area contributed by atoms with Gasteiger partial charge in [0.2, 0.25) is 0 Å². The number of carbonyl (C=O) groups is 1. The summed E-state index contributed by atoms with van der Waals surface area (Å²) in [6, 6.07) is 6.92. The van der Waals surface area contributed by atoms with Crippen LogP contribution in [0.4, 0.5) is 5.69 Å². The maximum Gasteiger partial charge on any atom is 0.289 e. The molecule has 3 rings (SSSR count). The number of amides is 1. The van der Waals surface area contributed by atoms with Crippen molar-refractivity contribution in [2.45, 2.75) is 25.3 Å². The van der Waals surface area contributed by atoms with Crippen LogP contribution in [-0.4, -0.2) is 35.1 Å². The molecule has 106 valence electrons. The van der Waals surface area contributed by atoms with Gasteiger partial charge in [-0.15, -0.1) is 0 Å². The molecule has 20 heavy (non-hydrogen) atoms. The van der Waals surface area contributed by atoms with Gasteiger partial charge in [-0.25, -0.2) is 0 Å². The molecule has 1 unspecified atom stereocenters. The number of nitrogen functional groups attached to an aromatic ring is 1. The van der Waals surface area contributed by atoms with E-state index in [0.717, 1.165) is 24.6 Å². The van der Waals surface area contributed by atoms with Gasteiger partial charge in [-0.1, -0.05) is 0 Å². The van der Waals surface area contributed by atoms with Crippen LogP contribution >= 0.6 is 0 Å². The highest BCUT2D eigenvalue weighted by molar-refractivity contribution is 5.96. The summed E-state index contributed by atoms with van der Waals surface area (Å²) >= 11 is 0. The quantitative estimate of drug-likeness (QED) is 0.821. The maximum absolute atomic E-state index is 12.5. The van der Waals surface area contributed by atoms with Gasteiger partial charge in [0.25, 0.3) is 5.91 Å². The third-order valence-corrected chi connectivity index (χ3v) is 3.85. The monoisotopic (exact) mass is 274 g/mol. The molecular weight excluding hydrogens is 256 g/mol. The molecular formula is C15H18N2O3. The van der Waals surface area contributed by atoms with Crippen molar-refractivity contribution in [3.8, 4) is 0 Å².